The second-order valence-electron chi connectivity index (χ2n) is 11.4. The van der Waals surface area contributed by atoms with Gasteiger partial charge >= 0.3 is 11.9 Å². The highest BCUT2D eigenvalue weighted by molar-refractivity contribution is 5.87. The van der Waals surface area contributed by atoms with Gasteiger partial charge in [0.2, 0.25) is 0 Å². The van der Waals surface area contributed by atoms with Gasteiger partial charge in [-0.25, -0.2) is 9.59 Å². The number of esters is 2. The first-order chi connectivity index (χ1) is 19.3. The van der Waals surface area contributed by atoms with Crippen LogP contribution in [0, 0.1) is 11.8 Å². The van der Waals surface area contributed by atoms with Gasteiger partial charge in [0, 0.05) is 23.3 Å². The van der Waals surface area contributed by atoms with E-state index < -0.39 is 11.9 Å². The van der Waals surface area contributed by atoms with Crippen molar-refractivity contribution in [3.05, 3.63) is 47.6 Å². The third-order valence-corrected chi connectivity index (χ3v) is 8.18. The number of benzene rings is 1. The topological polar surface area (TPSA) is 91.3 Å². The number of aliphatic hydroxyl groups is 1. The minimum Gasteiger partial charge on any atom is -0.490 e. The summed E-state index contributed by atoms with van der Waals surface area (Å²) in [6.07, 6.45) is 12.8. The maximum atomic E-state index is 11.8. The van der Waals surface area contributed by atoms with Crippen molar-refractivity contribution in [3.63, 3.8) is 0 Å². The second-order valence-corrected chi connectivity index (χ2v) is 11.4. The normalized spacial score (nSPS) is 19.5. The van der Waals surface area contributed by atoms with Crippen molar-refractivity contribution in [1.29, 1.82) is 0 Å². The van der Waals surface area contributed by atoms with Gasteiger partial charge in [0.15, 0.2) is 0 Å². The summed E-state index contributed by atoms with van der Waals surface area (Å²) in [5.41, 5.74) is 2.72. The van der Waals surface area contributed by atoms with Crippen LogP contribution in [0.25, 0.3) is 0 Å². The van der Waals surface area contributed by atoms with E-state index in [0.717, 1.165) is 30.2 Å². The summed E-state index contributed by atoms with van der Waals surface area (Å²) in [5.74, 6) is 2.61. The summed E-state index contributed by atoms with van der Waals surface area (Å²) in [6.45, 7) is 11.1. The Hall–Kier alpha value is -2.80. The number of ether oxygens (including phenoxy) is 4. The minimum absolute atomic E-state index is 0.0399. The highest BCUT2D eigenvalue weighted by Gasteiger charge is 2.30. The van der Waals surface area contributed by atoms with E-state index in [-0.39, 0.29) is 33.0 Å². The first-order valence-corrected chi connectivity index (χ1v) is 15.0. The van der Waals surface area contributed by atoms with Crippen molar-refractivity contribution in [2.75, 3.05) is 33.0 Å². The Morgan fingerprint density at radius 2 is 1.27 bits per heavy atom. The fourth-order valence-electron chi connectivity index (χ4n) is 5.98. The molecular formula is C33H48O7. The molecule has 0 unspecified atom stereocenters. The molecule has 0 heterocycles. The fourth-order valence-corrected chi connectivity index (χ4v) is 5.98. The van der Waals surface area contributed by atoms with E-state index in [1.54, 1.807) is 13.8 Å². The number of carbonyl (C=O) groups is 2. The lowest BCUT2D eigenvalue weighted by molar-refractivity contribution is -0.140. The number of carbonyl (C=O) groups excluding carboxylic acids is 2. The summed E-state index contributed by atoms with van der Waals surface area (Å²) in [4.78, 5) is 23.6. The third kappa shape index (κ3) is 9.69. The molecule has 0 atom stereocenters. The Balaban J connectivity index is 1.76. The monoisotopic (exact) mass is 556 g/mol. The Morgan fingerprint density at radius 1 is 0.775 bits per heavy atom. The number of hydrogen-bond acceptors (Lipinski definition) is 7. The van der Waals surface area contributed by atoms with Crippen molar-refractivity contribution < 1.29 is 33.6 Å². The molecule has 7 nitrogen and oxygen atoms in total. The van der Waals surface area contributed by atoms with Crippen LogP contribution in [0.15, 0.2) is 36.4 Å². The standard InChI is InChI=1S/C33H48O7/c1-23(2)32(35)39-19-17-37-30-21-28(27-14-12-26(13-15-27)25-9-6-5-7-10-25)22-31(29(30)11-8-16-34)38-18-20-40-33(36)24(3)4/h21-22,25-27,34H,1,3,5-20H2,2,4H3. The van der Waals surface area contributed by atoms with E-state index in [4.69, 9.17) is 18.9 Å². The average Bonchev–Trinajstić information content (AvgIpc) is 2.96. The van der Waals surface area contributed by atoms with Gasteiger partial charge in [-0.1, -0.05) is 45.3 Å². The molecule has 0 amide bonds. The molecule has 0 bridgehead atoms. The Bertz CT molecular complexity index is 945. The van der Waals surface area contributed by atoms with Crippen molar-refractivity contribution in [1.82, 2.24) is 0 Å². The maximum Gasteiger partial charge on any atom is 0.333 e. The summed E-state index contributed by atoms with van der Waals surface area (Å²) >= 11 is 0. The van der Waals surface area contributed by atoms with E-state index in [1.165, 1.54) is 50.5 Å². The Morgan fingerprint density at radius 3 is 1.75 bits per heavy atom. The van der Waals surface area contributed by atoms with E-state index in [0.29, 0.717) is 41.4 Å². The van der Waals surface area contributed by atoms with Crippen LogP contribution in [0.2, 0.25) is 0 Å². The maximum absolute atomic E-state index is 11.8. The highest BCUT2D eigenvalue weighted by atomic mass is 16.6. The molecule has 0 aromatic heterocycles. The van der Waals surface area contributed by atoms with Gasteiger partial charge in [0.05, 0.1) is 0 Å². The molecule has 2 aliphatic rings. The van der Waals surface area contributed by atoms with Gasteiger partial charge < -0.3 is 24.1 Å². The molecule has 40 heavy (non-hydrogen) atoms. The summed E-state index contributed by atoms with van der Waals surface area (Å²) in [7, 11) is 0. The molecule has 2 saturated carbocycles. The molecule has 1 N–H and O–H groups in total. The van der Waals surface area contributed by atoms with Crippen molar-refractivity contribution in [3.8, 4) is 11.5 Å². The molecule has 2 aliphatic carbocycles. The largest absolute Gasteiger partial charge is 0.490 e. The first-order valence-electron chi connectivity index (χ1n) is 15.0. The zero-order chi connectivity index (χ0) is 28.9. The summed E-state index contributed by atoms with van der Waals surface area (Å²) in [6, 6.07) is 4.21. The van der Waals surface area contributed by atoms with Crippen LogP contribution in [0.4, 0.5) is 0 Å². The van der Waals surface area contributed by atoms with Gasteiger partial charge in [0.1, 0.15) is 37.9 Å². The molecule has 7 heteroatoms. The molecule has 2 fully saturated rings. The lowest BCUT2D eigenvalue weighted by Crippen LogP contribution is -2.23. The number of aliphatic hydroxyl groups excluding tert-OH is 1. The SMILES string of the molecule is C=C(C)C(=O)OCCOc1cc(C2CCC(C3CCCCC3)CC2)cc(OCCOC(=O)C(=C)C)c1CCCO. The van der Waals surface area contributed by atoms with Crippen LogP contribution in [0.1, 0.15) is 95.1 Å². The molecule has 0 radical (unpaired) electrons. The van der Waals surface area contributed by atoms with Gasteiger partial charge in [-0.3, -0.25) is 0 Å². The smallest absolute Gasteiger partial charge is 0.333 e. The van der Waals surface area contributed by atoms with E-state index >= 15 is 0 Å². The average molecular weight is 557 g/mol. The minimum atomic E-state index is -0.444. The lowest BCUT2D eigenvalue weighted by atomic mass is 9.70. The van der Waals surface area contributed by atoms with E-state index in [1.807, 2.05) is 0 Å². The van der Waals surface area contributed by atoms with Crippen molar-refractivity contribution in [2.24, 2.45) is 11.8 Å². The van der Waals surface area contributed by atoms with Gasteiger partial charge in [-0.05, 0) is 87.8 Å². The molecule has 1 aromatic carbocycles. The molecule has 0 saturated heterocycles. The molecule has 1 aromatic rings. The van der Waals surface area contributed by atoms with E-state index in [2.05, 4.69) is 25.3 Å². The predicted molar refractivity (Wildman–Crippen MR) is 156 cm³/mol. The van der Waals surface area contributed by atoms with Crippen LogP contribution < -0.4 is 9.47 Å². The van der Waals surface area contributed by atoms with Crippen LogP contribution in [0.3, 0.4) is 0 Å². The van der Waals surface area contributed by atoms with Crippen LogP contribution in [-0.2, 0) is 25.5 Å². The predicted octanol–water partition coefficient (Wildman–Crippen LogP) is 6.46. The third-order valence-electron chi connectivity index (χ3n) is 8.18. The fraction of sp³-hybridized carbons (Fsp3) is 0.636. The van der Waals surface area contributed by atoms with Gasteiger partial charge in [0.25, 0.3) is 0 Å². The highest BCUT2D eigenvalue weighted by Crippen LogP contribution is 2.45. The Labute approximate surface area is 239 Å². The molecule has 222 valence electrons. The van der Waals surface area contributed by atoms with Gasteiger partial charge in [-0.15, -0.1) is 0 Å². The summed E-state index contributed by atoms with van der Waals surface area (Å²) in [5, 5.41) is 9.54. The van der Waals surface area contributed by atoms with Crippen molar-refractivity contribution in [2.45, 2.75) is 90.4 Å². The molecular weight excluding hydrogens is 508 g/mol. The molecule has 0 aliphatic heterocycles. The quantitative estimate of drug-likeness (QED) is 0.151. The molecule has 0 spiro atoms. The van der Waals surface area contributed by atoms with E-state index in [9.17, 15) is 14.7 Å². The first kappa shape index (κ1) is 31.7. The van der Waals surface area contributed by atoms with Crippen molar-refractivity contribution >= 4 is 11.9 Å². The molecule has 3 rings (SSSR count). The lowest BCUT2D eigenvalue weighted by Gasteiger charge is -2.36. The number of hydrogen-bond donors (Lipinski definition) is 1. The zero-order valence-electron chi connectivity index (χ0n) is 24.5. The summed E-state index contributed by atoms with van der Waals surface area (Å²) < 4.78 is 22.8. The van der Waals surface area contributed by atoms with Crippen LogP contribution in [0.5, 0.6) is 11.5 Å². The van der Waals surface area contributed by atoms with Crippen LogP contribution in [-0.4, -0.2) is 50.1 Å². The second kappa shape index (κ2) is 16.5. The zero-order valence-corrected chi connectivity index (χ0v) is 24.5. The van der Waals surface area contributed by atoms with Gasteiger partial charge in [-0.2, -0.15) is 0 Å². The van der Waals surface area contributed by atoms with Crippen LogP contribution >= 0.6 is 0 Å². The number of rotatable bonds is 15. The Kier molecular flexibility index (Phi) is 13.1.